The van der Waals surface area contributed by atoms with E-state index in [1.54, 1.807) is 5.57 Å². The molecule has 0 atom stereocenters. The molecule has 134 valence electrons. The van der Waals surface area contributed by atoms with Gasteiger partial charge in [0.2, 0.25) is 0 Å². The number of nitrogens with one attached hydrogen (secondary N) is 2. The molecule has 0 saturated carbocycles. The van der Waals surface area contributed by atoms with Crippen LogP contribution in [0.1, 0.15) is 58.3 Å². The fourth-order valence-electron chi connectivity index (χ4n) is 3.31. The lowest BCUT2D eigenvalue weighted by atomic mass is 9.97. The predicted octanol–water partition coefficient (Wildman–Crippen LogP) is 3.54. The summed E-state index contributed by atoms with van der Waals surface area (Å²) in [7, 11) is 0. The normalized spacial score (nSPS) is 19.2. The number of aliphatic imine (C=N–C) groups is 1. The average molecular weight is 434 g/mol. The summed E-state index contributed by atoms with van der Waals surface area (Å²) >= 11 is 0. The molecular formula is C18H35IN4. The Labute approximate surface area is 159 Å². The van der Waals surface area contributed by atoms with Crippen molar-refractivity contribution >= 4 is 29.9 Å². The minimum absolute atomic E-state index is 0. The lowest BCUT2D eigenvalue weighted by Gasteiger charge is -2.16. The van der Waals surface area contributed by atoms with Crippen molar-refractivity contribution in [2.75, 3.05) is 39.3 Å². The molecular weight excluding hydrogens is 399 g/mol. The molecule has 0 spiro atoms. The Bertz CT molecular complexity index is 362. The predicted molar refractivity (Wildman–Crippen MR) is 111 cm³/mol. The van der Waals surface area contributed by atoms with Gasteiger partial charge in [0.05, 0.1) is 0 Å². The van der Waals surface area contributed by atoms with Crippen molar-refractivity contribution in [3.05, 3.63) is 11.6 Å². The van der Waals surface area contributed by atoms with Crippen molar-refractivity contribution in [1.82, 2.24) is 15.5 Å². The Balaban J connectivity index is 0.00000264. The van der Waals surface area contributed by atoms with Gasteiger partial charge in [-0.3, -0.25) is 4.99 Å². The van der Waals surface area contributed by atoms with Crippen LogP contribution in [0.25, 0.3) is 0 Å². The van der Waals surface area contributed by atoms with Gasteiger partial charge < -0.3 is 15.5 Å². The molecule has 4 nitrogen and oxygen atoms in total. The molecule has 0 aromatic rings. The molecule has 2 aliphatic rings. The largest absolute Gasteiger partial charge is 0.357 e. The third-order valence-corrected chi connectivity index (χ3v) is 4.57. The number of allylic oxidation sites excluding steroid dienone is 1. The van der Waals surface area contributed by atoms with E-state index in [-0.39, 0.29) is 24.0 Å². The van der Waals surface area contributed by atoms with E-state index in [0.717, 1.165) is 32.0 Å². The van der Waals surface area contributed by atoms with Gasteiger partial charge in [0.15, 0.2) is 5.96 Å². The third kappa shape index (κ3) is 8.94. The zero-order chi connectivity index (χ0) is 15.5. The van der Waals surface area contributed by atoms with Gasteiger partial charge in [-0.05, 0) is 77.9 Å². The summed E-state index contributed by atoms with van der Waals surface area (Å²) in [6.45, 7) is 8.77. The highest BCUT2D eigenvalue weighted by molar-refractivity contribution is 14.0. The maximum atomic E-state index is 4.71. The summed E-state index contributed by atoms with van der Waals surface area (Å²) in [4.78, 5) is 7.27. The lowest BCUT2D eigenvalue weighted by Crippen LogP contribution is -2.38. The highest BCUT2D eigenvalue weighted by Gasteiger charge is 2.10. The first-order valence-electron chi connectivity index (χ1n) is 9.31. The summed E-state index contributed by atoms with van der Waals surface area (Å²) in [6.07, 6.45) is 12.8. The van der Waals surface area contributed by atoms with Crippen LogP contribution in [0.5, 0.6) is 0 Å². The van der Waals surface area contributed by atoms with Crippen LogP contribution in [-0.2, 0) is 0 Å². The van der Waals surface area contributed by atoms with E-state index in [1.165, 1.54) is 64.6 Å². The topological polar surface area (TPSA) is 39.7 Å². The maximum Gasteiger partial charge on any atom is 0.191 e. The summed E-state index contributed by atoms with van der Waals surface area (Å²) in [5.74, 6) is 0.986. The lowest BCUT2D eigenvalue weighted by molar-refractivity contribution is 0.336. The van der Waals surface area contributed by atoms with Gasteiger partial charge in [-0.15, -0.1) is 24.0 Å². The van der Waals surface area contributed by atoms with Crippen molar-refractivity contribution in [3.8, 4) is 0 Å². The van der Waals surface area contributed by atoms with Crippen LogP contribution in [-0.4, -0.2) is 50.1 Å². The van der Waals surface area contributed by atoms with Crippen molar-refractivity contribution in [2.45, 2.75) is 58.3 Å². The molecule has 1 fully saturated rings. The second-order valence-corrected chi connectivity index (χ2v) is 6.45. The van der Waals surface area contributed by atoms with Crippen LogP contribution in [0.3, 0.4) is 0 Å². The van der Waals surface area contributed by atoms with Crippen LogP contribution < -0.4 is 10.6 Å². The number of halogens is 1. The Morgan fingerprint density at radius 3 is 2.70 bits per heavy atom. The number of nitrogens with zero attached hydrogens (tertiary/aromatic N) is 2. The monoisotopic (exact) mass is 434 g/mol. The summed E-state index contributed by atoms with van der Waals surface area (Å²) < 4.78 is 0. The molecule has 0 radical (unpaired) electrons. The third-order valence-electron chi connectivity index (χ3n) is 4.57. The van der Waals surface area contributed by atoms with Gasteiger partial charge in [0, 0.05) is 19.6 Å². The van der Waals surface area contributed by atoms with Gasteiger partial charge in [0.1, 0.15) is 0 Å². The Morgan fingerprint density at radius 1 is 1.17 bits per heavy atom. The van der Waals surface area contributed by atoms with Crippen molar-refractivity contribution in [3.63, 3.8) is 0 Å². The zero-order valence-electron chi connectivity index (χ0n) is 14.8. The second-order valence-electron chi connectivity index (χ2n) is 6.45. The summed E-state index contributed by atoms with van der Waals surface area (Å²) in [5.41, 5.74) is 1.63. The summed E-state index contributed by atoms with van der Waals surface area (Å²) in [6, 6.07) is 0. The highest BCUT2D eigenvalue weighted by Crippen LogP contribution is 2.19. The quantitative estimate of drug-likeness (QED) is 0.202. The molecule has 0 aromatic carbocycles. The fraction of sp³-hybridized carbons (Fsp3) is 0.833. The minimum Gasteiger partial charge on any atom is -0.357 e. The fourth-order valence-corrected chi connectivity index (χ4v) is 3.31. The molecule has 2 N–H and O–H groups in total. The molecule has 0 bridgehead atoms. The number of rotatable bonds is 8. The molecule has 5 heteroatoms. The number of hydrogen-bond acceptors (Lipinski definition) is 2. The summed E-state index contributed by atoms with van der Waals surface area (Å²) in [5, 5.41) is 6.84. The first kappa shape index (κ1) is 20.7. The molecule has 1 aliphatic carbocycles. The van der Waals surface area contributed by atoms with Crippen LogP contribution >= 0.6 is 24.0 Å². The molecule has 23 heavy (non-hydrogen) atoms. The average Bonchev–Trinajstić information content (AvgIpc) is 3.06. The van der Waals surface area contributed by atoms with E-state index in [1.807, 2.05) is 0 Å². The number of hydrogen-bond donors (Lipinski definition) is 2. The number of likely N-dealkylation sites (tertiary alicyclic amines) is 1. The van der Waals surface area contributed by atoms with Gasteiger partial charge in [-0.25, -0.2) is 0 Å². The Morgan fingerprint density at radius 2 is 2.00 bits per heavy atom. The van der Waals surface area contributed by atoms with Crippen LogP contribution in [0.2, 0.25) is 0 Å². The van der Waals surface area contributed by atoms with Gasteiger partial charge >= 0.3 is 0 Å². The SMILES string of the molecule is CCNC(=NCCCN1CCCC1)NCCC1=CCCCC1.I. The van der Waals surface area contributed by atoms with Gasteiger partial charge in [-0.1, -0.05) is 11.6 Å². The van der Waals surface area contributed by atoms with Crippen LogP contribution in [0, 0.1) is 0 Å². The van der Waals surface area contributed by atoms with E-state index in [0.29, 0.717) is 0 Å². The molecule has 2 rings (SSSR count). The Kier molecular flexibility index (Phi) is 11.8. The van der Waals surface area contributed by atoms with Crippen molar-refractivity contribution in [1.29, 1.82) is 0 Å². The van der Waals surface area contributed by atoms with Gasteiger partial charge in [-0.2, -0.15) is 0 Å². The molecule has 0 unspecified atom stereocenters. The van der Waals surface area contributed by atoms with Crippen LogP contribution in [0.4, 0.5) is 0 Å². The minimum atomic E-state index is 0. The Hall–Kier alpha value is -0.300. The molecule has 1 heterocycles. The van der Waals surface area contributed by atoms with Crippen LogP contribution in [0.15, 0.2) is 16.6 Å². The van der Waals surface area contributed by atoms with E-state index in [2.05, 4.69) is 28.5 Å². The first-order chi connectivity index (χ1) is 10.9. The van der Waals surface area contributed by atoms with E-state index < -0.39 is 0 Å². The van der Waals surface area contributed by atoms with Crippen molar-refractivity contribution < 1.29 is 0 Å². The second kappa shape index (κ2) is 13.0. The zero-order valence-corrected chi connectivity index (χ0v) is 17.1. The molecule has 0 amide bonds. The maximum absolute atomic E-state index is 4.71. The van der Waals surface area contributed by atoms with E-state index >= 15 is 0 Å². The van der Waals surface area contributed by atoms with E-state index in [9.17, 15) is 0 Å². The molecule has 1 saturated heterocycles. The van der Waals surface area contributed by atoms with E-state index in [4.69, 9.17) is 4.99 Å². The molecule has 0 aromatic heterocycles. The smallest absolute Gasteiger partial charge is 0.191 e. The standard InChI is InChI=1S/C18H34N4.HI/c1-2-19-18(20-12-8-16-22-14-6-7-15-22)21-13-11-17-9-4-3-5-10-17;/h9H,2-8,10-16H2,1H3,(H2,19,20,21);1H. The van der Waals surface area contributed by atoms with Crippen molar-refractivity contribution in [2.24, 2.45) is 4.99 Å². The molecule has 1 aliphatic heterocycles. The number of guanidine groups is 1. The first-order valence-corrected chi connectivity index (χ1v) is 9.31. The highest BCUT2D eigenvalue weighted by atomic mass is 127. The van der Waals surface area contributed by atoms with Gasteiger partial charge in [0.25, 0.3) is 0 Å².